The fourth-order valence-electron chi connectivity index (χ4n) is 8.09. The van der Waals surface area contributed by atoms with E-state index in [2.05, 4.69) is 155 Å². The summed E-state index contributed by atoms with van der Waals surface area (Å²) in [5.41, 5.74) is 12.1. The Bertz CT molecular complexity index is 3170. The van der Waals surface area contributed by atoms with Gasteiger partial charge in [-0.3, -0.25) is 4.57 Å². The maximum atomic E-state index is 5.45. The van der Waals surface area contributed by atoms with Gasteiger partial charge >= 0.3 is 0 Å². The number of hydrogen-bond donors (Lipinski definition) is 0. The van der Waals surface area contributed by atoms with Crippen molar-refractivity contribution >= 4 is 32.8 Å². The molecule has 0 saturated carbocycles. The van der Waals surface area contributed by atoms with Gasteiger partial charge in [-0.1, -0.05) is 152 Å². The van der Waals surface area contributed by atoms with Crippen molar-refractivity contribution in [3.05, 3.63) is 206 Å². The molecule has 6 nitrogen and oxygen atoms in total. The van der Waals surface area contributed by atoms with Crippen LogP contribution in [0.4, 0.5) is 0 Å². The summed E-state index contributed by atoms with van der Waals surface area (Å²) in [6.07, 6.45) is 0. The zero-order valence-corrected chi connectivity index (χ0v) is 31.3. The molecule has 0 N–H and O–H groups in total. The minimum absolute atomic E-state index is 0.580. The van der Waals surface area contributed by atoms with Gasteiger partial charge in [0, 0.05) is 38.7 Å². The predicted octanol–water partition coefficient (Wildman–Crippen LogP) is 12.6. The van der Waals surface area contributed by atoms with Crippen molar-refractivity contribution in [1.82, 2.24) is 29.1 Å². The molecule has 0 spiro atoms. The summed E-state index contributed by atoms with van der Waals surface area (Å²) in [6.45, 7) is 0. The van der Waals surface area contributed by atoms with Gasteiger partial charge in [-0.2, -0.15) is 0 Å². The van der Waals surface area contributed by atoms with E-state index in [1.54, 1.807) is 0 Å². The van der Waals surface area contributed by atoms with Crippen LogP contribution in [-0.4, -0.2) is 29.1 Å². The zero-order chi connectivity index (χ0) is 38.4. The van der Waals surface area contributed by atoms with Gasteiger partial charge in [0.05, 0.1) is 27.8 Å². The van der Waals surface area contributed by atoms with Gasteiger partial charge in [-0.25, -0.2) is 19.9 Å². The monoisotopic (exact) mass is 742 g/mol. The molecule has 0 saturated heterocycles. The first-order valence-electron chi connectivity index (χ1n) is 19.4. The number of hydrogen-bond acceptors (Lipinski definition) is 4. The fraction of sp³-hybridized carbons (Fsp3) is 0. The normalized spacial score (nSPS) is 11.4. The standard InChI is InChI=1S/C52H34N6/c1-4-17-35(18-5-1)38-23-16-24-40(33-38)57-48-30-15-12-27-44(48)53-52(57)43-34-39(31-32-47(43)58-45-28-13-10-25-41(45)42-26-11-14-29-46(42)58)51-55-49(36-19-6-2-7-20-36)54-50(56-51)37-21-8-3-9-22-37/h1-34H. The molecular formula is C52H34N6. The molecule has 3 aromatic heterocycles. The Balaban J connectivity index is 1.21. The summed E-state index contributed by atoms with van der Waals surface area (Å²) in [7, 11) is 0. The molecule has 0 bridgehead atoms. The van der Waals surface area contributed by atoms with E-state index >= 15 is 0 Å². The first-order valence-corrected chi connectivity index (χ1v) is 19.4. The lowest BCUT2D eigenvalue weighted by atomic mass is 10.0. The molecule has 0 amide bonds. The number of nitrogens with zero attached hydrogens (tertiary/aromatic N) is 6. The van der Waals surface area contributed by atoms with Crippen LogP contribution < -0.4 is 0 Å². The summed E-state index contributed by atoms with van der Waals surface area (Å²) in [5, 5.41) is 2.38. The van der Waals surface area contributed by atoms with Crippen molar-refractivity contribution in [2.45, 2.75) is 0 Å². The topological polar surface area (TPSA) is 61.4 Å². The summed E-state index contributed by atoms with van der Waals surface area (Å²) >= 11 is 0. The van der Waals surface area contributed by atoms with Crippen molar-refractivity contribution in [1.29, 1.82) is 0 Å². The largest absolute Gasteiger partial charge is 0.309 e. The molecule has 0 unspecified atom stereocenters. The minimum atomic E-state index is 0.580. The van der Waals surface area contributed by atoms with Gasteiger partial charge in [0.15, 0.2) is 17.5 Å². The van der Waals surface area contributed by atoms with Crippen LogP contribution in [-0.2, 0) is 0 Å². The number of benzene rings is 8. The average molecular weight is 743 g/mol. The lowest BCUT2D eigenvalue weighted by Crippen LogP contribution is -2.04. The predicted molar refractivity (Wildman–Crippen MR) is 236 cm³/mol. The van der Waals surface area contributed by atoms with E-state index in [0.29, 0.717) is 17.5 Å². The zero-order valence-electron chi connectivity index (χ0n) is 31.3. The number of fused-ring (bicyclic) bond motifs is 4. The van der Waals surface area contributed by atoms with Crippen LogP contribution in [0.2, 0.25) is 0 Å². The van der Waals surface area contributed by atoms with Crippen LogP contribution in [0.1, 0.15) is 0 Å². The molecule has 58 heavy (non-hydrogen) atoms. The van der Waals surface area contributed by atoms with Gasteiger partial charge in [-0.15, -0.1) is 0 Å². The highest BCUT2D eigenvalue weighted by Gasteiger charge is 2.23. The van der Waals surface area contributed by atoms with Crippen LogP contribution in [0.5, 0.6) is 0 Å². The maximum absolute atomic E-state index is 5.45. The van der Waals surface area contributed by atoms with Crippen LogP contribution in [0.15, 0.2) is 206 Å². The molecule has 0 aliphatic carbocycles. The van der Waals surface area contributed by atoms with E-state index in [4.69, 9.17) is 19.9 Å². The molecule has 0 aliphatic rings. The second-order valence-electron chi connectivity index (χ2n) is 14.3. The summed E-state index contributed by atoms with van der Waals surface area (Å²) < 4.78 is 4.66. The third-order valence-corrected chi connectivity index (χ3v) is 10.8. The van der Waals surface area contributed by atoms with E-state index in [9.17, 15) is 0 Å². The van der Waals surface area contributed by atoms with Crippen molar-refractivity contribution in [3.63, 3.8) is 0 Å². The Morgan fingerprint density at radius 3 is 1.43 bits per heavy atom. The molecule has 11 aromatic rings. The smallest absolute Gasteiger partial charge is 0.164 e. The van der Waals surface area contributed by atoms with Crippen LogP contribution in [0.3, 0.4) is 0 Å². The highest BCUT2D eigenvalue weighted by molar-refractivity contribution is 6.09. The molecule has 6 heteroatoms. The quantitative estimate of drug-likeness (QED) is 0.163. The average Bonchev–Trinajstić information content (AvgIpc) is 3.86. The Hall–Kier alpha value is -7.96. The molecule has 0 radical (unpaired) electrons. The molecular weight excluding hydrogens is 709 g/mol. The number of aromatic nitrogens is 6. The second-order valence-corrected chi connectivity index (χ2v) is 14.3. The number of imidazole rings is 1. The van der Waals surface area contributed by atoms with Crippen molar-refractivity contribution in [3.8, 4) is 68.1 Å². The van der Waals surface area contributed by atoms with Gasteiger partial charge in [0.2, 0.25) is 0 Å². The minimum Gasteiger partial charge on any atom is -0.309 e. The first-order chi connectivity index (χ1) is 28.8. The molecule has 3 heterocycles. The van der Waals surface area contributed by atoms with E-state index in [-0.39, 0.29) is 0 Å². The van der Waals surface area contributed by atoms with Gasteiger partial charge in [0.1, 0.15) is 5.82 Å². The van der Waals surface area contributed by atoms with Gasteiger partial charge < -0.3 is 4.57 Å². The molecule has 0 fully saturated rings. The number of rotatable bonds is 7. The van der Waals surface area contributed by atoms with E-state index in [1.807, 2.05) is 60.7 Å². The second kappa shape index (κ2) is 14.0. The maximum Gasteiger partial charge on any atom is 0.164 e. The van der Waals surface area contributed by atoms with Crippen molar-refractivity contribution in [2.24, 2.45) is 0 Å². The van der Waals surface area contributed by atoms with Crippen molar-refractivity contribution < 1.29 is 0 Å². The lowest BCUT2D eigenvalue weighted by molar-refractivity contribution is 1.07. The van der Waals surface area contributed by atoms with E-state index in [1.165, 1.54) is 10.8 Å². The summed E-state index contributed by atoms with van der Waals surface area (Å²) in [6, 6.07) is 71.6. The van der Waals surface area contributed by atoms with Crippen LogP contribution in [0, 0.1) is 0 Å². The third-order valence-electron chi connectivity index (χ3n) is 10.8. The Labute approximate surface area is 335 Å². The highest BCUT2D eigenvalue weighted by atomic mass is 15.1. The Morgan fingerprint density at radius 2 is 0.810 bits per heavy atom. The SMILES string of the molecule is c1ccc(-c2cccc(-n3c(-c4cc(-c5nc(-c6ccccc6)nc(-c6ccccc6)n5)ccc4-n4c5ccccc5c5ccccc54)nc4ccccc43)c2)cc1. The molecule has 11 rings (SSSR count). The molecule has 272 valence electrons. The van der Waals surface area contributed by atoms with E-state index < -0.39 is 0 Å². The molecule has 0 aliphatic heterocycles. The Kier molecular flexibility index (Phi) is 8.04. The van der Waals surface area contributed by atoms with Gasteiger partial charge in [0.25, 0.3) is 0 Å². The molecule has 8 aromatic carbocycles. The van der Waals surface area contributed by atoms with E-state index in [0.717, 1.165) is 72.6 Å². The van der Waals surface area contributed by atoms with Crippen molar-refractivity contribution in [2.75, 3.05) is 0 Å². The first kappa shape index (κ1) is 33.4. The third kappa shape index (κ3) is 5.74. The van der Waals surface area contributed by atoms with Gasteiger partial charge in [-0.05, 0) is 65.7 Å². The number of para-hydroxylation sites is 4. The highest BCUT2D eigenvalue weighted by Crippen LogP contribution is 2.40. The summed E-state index contributed by atoms with van der Waals surface area (Å²) in [4.78, 5) is 20.7. The Morgan fingerprint density at radius 1 is 0.310 bits per heavy atom. The summed E-state index contributed by atoms with van der Waals surface area (Å²) in [5.74, 6) is 2.62. The van der Waals surface area contributed by atoms with Crippen LogP contribution >= 0.6 is 0 Å². The fourth-order valence-corrected chi connectivity index (χ4v) is 8.09. The van der Waals surface area contributed by atoms with Crippen LogP contribution in [0.25, 0.3) is 101 Å². The lowest BCUT2D eigenvalue weighted by Gasteiger charge is -2.17. The molecule has 0 atom stereocenters.